The van der Waals surface area contributed by atoms with Gasteiger partial charge in [0.15, 0.2) is 0 Å². The summed E-state index contributed by atoms with van der Waals surface area (Å²) in [6.07, 6.45) is 0. The molecule has 1 heterocycles. The lowest BCUT2D eigenvalue weighted by Crippen LogP contribution is -2.22. The fourth-order valence-electron chi connectivity index (χ4n) is 1.20. The summed E-state index contributed by atoms with van der Waals surface area (Å²) in [5.41, 5.74) is 2.05. The SMILES string of the molecule is C=C(NC(C)C)c1cc(=O)[nH]nc1C. The summed E-state index contributed by atoms with van der Waals surface area (Å²) in [5.74, 6) is 0. The number of aromatic nitrogens is 2. The first-order chi connectivity index (χ1) is 6.50. The van der Waals surface area contributed by atoms with Gasteiger partial charge in [-0.3, -0.25) is 4.79 Å². The van der Waals surface area contributed by atoms with Crippen molar-refractivity contribution >= 4 is 5.70 Å². The number of aromatic amines is 1. The molecule has 0 saturated carbocycles. The summed E-state index contributed by atoms with van der Waals surface area (Å²) in [6.45, 7) is 9.72. The zero-order valence-corrected chi connectivity index (χ0v) is 8.72. The third kappa shape index (κ3) is 2.45. The fourth-order valence-corrected chi connectivity index (χ4v) is 1.20. The van der Waals surface area contributed by atoms with E-state index < -0.39 is 0 Å². The van der Waals surface area contributed by atoms with Crippen LogP contribution in [0, 0.1) is 6.92 Å². The first kappa shape index (κ1) is 10.5. The smallest absolute Gasteiger partial charge is 0.264 e. The summed E-state index contributed by atoms with van der Waals surface area (Å²) >= 11 is 0. The van der Waals surface area contributed by atoms with Crippen molar-refractivity contribution in [1.29, 1.82) is 0 Å². The van der Waals surface area contributed by atoms with Crippen molar-refractivity contribution in [3.63, 3.8) is 0 Å². The highest BCUT2D eigenvalue weighted by atomic mass is 16.1. The first-order valence-corrected chi connectivity index (χ1v) is 4.53. The van der Waals surface area contributed by atoms with Gasteiger partial charge < -0.3 is 5.32 Å². The molecular formula is C10H15N3O. The maximum Gasteiger partial charge on any atom is 0.264 e. The Balaban J connectivity index is 3.00. The van der Waals surface area contributed by atoms with Crippen molar-refractivity contribution in [2.75, 3.05) is 0 Å². The Hall–Kier alpha value is -1.58. The second-order valence-corrected chi connectivity index (χ2v) is 3.51. The molecule has 0 aliphatic rings. The highest BCUT2D eigenvalue weighted by molar-refractivity contribution is 5.62. The van der Waals surface area contributed by atoms with Gasteiger partial charge in [0.1, 0.15) is 0 Å². The average molecular weight is 193 g/mol. The molecule has 1 aromatic rings. The van der Waals surface area contributed by atoms with Crippen LogP contribution in [0.5, 0.6) is 0 Å². The molecule has 0 fully saturated rings. The topological polar surface area (TPSA) is 57.8 Å². The quantitative estimate of drug-likeness (QED) is 0.754. The number of H-pyrrole nitrogens is 1. The molecule has 76 valence electrons. The van der Waals surface area contributed by atoms with Gasteiger partial charge in [0.25, 0.3) is 5.56 Å². The van der Waals surface area contributed by atoms with E-state index in [4.69, 9.17) is 0 Å². The summed E-state index contributed by atoms with van der Waals surface area (Å²) in [5, 5.41) is 9.38. The summed E-state index contributed by atoms with van der Waals surface area (Å²) < 4.78 is 0. The van der Waals surface area contributed by atoms with Crippen LogP contribution < -0.4 is 10.9 Å². The van der Waals surface area contributed by atoms with Crippen molar-refractivity contribution in [2.24, 2.45) is 0 Å². The minimum Gasteiger partial charge on any atom is -0.383 e. The highest BCUT2D eigenvalue weighted by Gasteiger charge is 2.05. The molecule has 0 radical (unpaired) electrons. The molecule has 1 rings (SSSR count). The lowest BCUT2D eigenvalue weighted by molar-refractivity contribution is 0.716. The van der Waals surface area contributed by atoms with Gasteiger partial charge in [-0.25, -0.2) is 5.10 Å². The van der Waals surface area contributed by atoms with Crippen molar-refractivity contribution in [3.8, 4) is 0 Å². The molecule has 0 saturated heterocycles. The van der Waals surface area contributed by atoms with Crippen LogP contribution in [0.1, 0.15) is 25.1 Å². The van der Waals surface area contributed by atoms with E-state index >= 15 is 0 Å². The summed E-state index contributed by atoms with van der Waals surface area (Å²) in [6, 6.07) is 1.79. The fraction of sp³-hybridized carbons (Fsp3) is 0.400. The lowest BCUT2D eigenvalue weighted by Gasteiger charge is -2.13. The maximum atomic E-state index is 11.0. The maximum absolute atomic E-state index is 11.0. The van der Waals surface area contributed by atoms with Gasteiger partial charge in [-0.2, -0.15) is 5.10 Å². The zero-order valence-electron chi connectivity index (χ0n) is 8.72. The van der Waals surface area contributed by atoms with Gasteiger partial charge in [-0.15, -0.1) is 0 Å². The Kier molecular flexibility index (Phi) is 3.06. The predicted octanol–water partition coefficient (Wildman–Crippen LogP) is 1.05. The van der Waals surface area contributed by atoms with E-state index in [1.54, 1.807) is 0 Å². The van der Waals surface area contributed by atoms with Crippen LogP contribution in [0.2, 0.25) is 0 Å². The Labute approximate surface area is 83.1 Å². The number of hydrogen-bond acceptors (Lipinski definition) is 3. The molecule has 4 heteroatoms. The predicted molar refractivity (Wildman–Crippen MR) is 56.9 cm³/mol. The van der Waals surface area contributed by atoms with Crippen LogP contribution in [-0.2, 0) is 0 Å². The molecule has 0 atom stereocenters. The zero-order chi connectivity index (χ0) is 10.7. The molecule has 0 amide bonds. The van der Waals surface area contributed by atoms with Gasteiger partial charge in [-0.05, 0) is 20.8 Å². The number of nitrogens with zero attached hydrogens (tertiary/aromatic N) is 1. The molecule has 0 bridgehead atoms. The van der Waals surface area contributed by atoms with Crippen molar-refractivity contribution in [1.82, 2.24) is 15.5 Å². The summed E-state index contributed by atoms with van der Waals surface area (Å²) in [7, 11) is 0. The minimum atomic E-state index is -0.211. The van der Waals surface area contributed by atoms with Crippen LogP contribution >= 0.6 is 0 Å². The van der Waals surface area contributed by atoms with E-state index in [1.165, 1.54) is 6.07 Å². The van der Waals surface area contributed by atoms with Gasteiger partial charge in [0, 0.05) is 23.4 Å². The second-order valence-electron chi connectivity index (χ2n) is 3.51. The van der Waals surface area contributed by atoms with Crippen LogP contribution in [0.4, 0.5) is 0 Å². The van der Waals surface area contributed by atoms with Gasteiger partial charge in [-0.1, -0.05) is 6.58 Å². The number of aryl methyl sites for hydroxylation is 1. The number of hydrogen-bond donors (Lipinski definition) is 2. The normalized spacial score (nSPS) is 10.3. The largest absolute Gasteiger partial charge is 0.383 e. The molecule has 0 aliphatic heterocycles. The Morgan fingerprint density at radius 1 is 1.64 bits per heavy atom. The third-order valence-electron chi connectivity index (χ3n) is 1.79. The van der Waals surface area contributed by atoms with Crippen molar-refractivity contribution < 1.29 is 0 Å². The Morgan fingerprint density at radius 3 is 2.86 bits per heavy atom. The molecular weight excluding hydrogens is 178 g/mol. The minimum absolute atomic E-state index is 0.211. The molecule has 14 heavy (non-hydrogen) atoms. The molecule has 0 spiro atoms. The molecule has 4 nitrogen and oxygen atoms in total. The van der Waals surface area contributed by atoms with Gasteiger partial charge >= 0.3 is 0 Å². The molecule has 1 aromatic heterocycles. The van der Waals surface area contributed by atoms with Gasteiger partial charge in [0.2, 0.25) is 0 Å². The first-order valence-electron chi connectivity index (χ1n) is 4.53. The van der Waals surface area contributed by atoms with E-state index in [-0.39, 0.29) is 5.56 Å². The van der Waals surface area contributed by atoms with Crippen LogP contribution in [0.3, 0.4) is 0 Å². The highest BCUT2D eigenvalue weighted by Crippen LogP contribution is 2.10. The monoisotopic (exact) mass is 193 g/mol. The Morgan fingerprint density at radius 2 is 2.29 bits per heavy atom. The van der Waals surface area contributed by atoms with E-state index in [2.05, 4.69) is 22.1 Å². The molecule has 0 aromatic carbocycles. The van der Waals surface area contributed by atoms with Crippen LogP contribution in [-0.4, -0.2) is 16.2 Å². The molecule has 0 aliphatic carbocycles. The van der Waals surface area contributed by atoms with E-state index in [1.807, 2.05) is 20.8 Å². The average Bonchev–Trinajstić information content (AvgIpc) is 2.08. The Bertz CT molecular complexity index is 393. The number of nitrogens with one attached hydrogen (secondary N) is 2. The van der Waals surface area contributed by atoms with Crippen LogP contribution in [0.25, 0.3) is 5.70 Å². The standard InChI is InChI=1S/C10H15N3O/c1-6(2)11-7(3)9-5-10(14)13-12-8(9)4/h5-6,11H,3H2,1-2,4H3,(H,13,14). The second kappa shape index (κ2) is 4.09. The lowest BCUT2D eigenvalue weighted by atomic mass is 10.1. The van der Waals surface area contributed by atoms with Crippen molar-refractivity contribution in [3.05, 3.63) is 34.3 Å². The molecule has 2 N–H and O–H groups in total. The number of rotatable bonds is 3. The van der Waals surface area contributed by atoms with E-state index in [0.717, 1.165) is 17.0 Å². The van der Waals surface area contributed by atoms with Gasteiger partial charge in [0.05, 0.1) is 5.69 Å². The van der Waals surface area contributed by atoms with Crippen molar-refractivity contribution in [2.45, 2.75) is 26.8 Å². The van der Waals surface area contributed by atoms with E-state index in [0.29, 0.717) is 6.04 Å². The van der Waals surface area contributed by atoms with Crippen LogP contribution in [0.15, 0.2) is 17.4 Å². The van der Waals surface area contributed by atoms with E-state index in [9.17, 15) is 4.79 Å². The summed E-state index contributed by atoms with van der Waals surface area (Å²) in [4.78, 5) is 11.0. The molecule has 0 unspecified atom stereocenters. The third-order valence-corrected chi connectivity index (χ3v) is 1.79.